The number of hydrogen-bond acceptors (Lipinski definition) is 7. The Hall–Kier alpha value is -4.22. The van der Waals surface area contributed by atoms with Crippen LogP contribution < -0.4 is 21.3 Å². The minimum absolute atomic E-state index is 0.0558. The summed E-state index contributed by atoms with van der Waals surface area (Å²) in [7, 11) is 0. The minimum Gasteiger partial charge on any atom is -0.460 e. The lowest BCUT2D eigenvalue weighted by Gasteiger charge is -2.36. The fourth-order valence-electron chi connectivity index (χ4n) is 4.96. The number of Topliss-reactive ketones (excluding diaryl/α,β-unsaturated/α-hetero) is 1. The van der Waals surface area contributed by atoms with Crippen LogP contribution in [0.1, 0.15) is 59.9 Å². The number of benzene rings is 1. The van der Waals surface area contributed by atoms with Crippen molar-refractivity contribution in [3.05, 3.63) is 48.6 Å². The molecular weight excluding hydrogens is 566 g/mol. The van der Waals surface area contributed by atoms with E-state index in [0.29, 0.717) is 6.42 Å². The molecule has 0 radical (unpaired) electrons. The Morgan fingerprint density at radius 2 is 1.70 bits per heavy atom. The average molecular weight is 614 g/mol. The molecule has 1 aliphatic heterocycles. The lowest BCUT2D eigenvalue weighted by atomic mass is 9.85. The number of likely N-dealkylation sites (tertiary alicyclic amines) is 1. The number of hydrogen-bond donors (Lipinski definition) is 4. The second-order valence-corrected chi connectivity index (χ2v) is 12.3. The minimum atomic E-state index is -1.05. The SMILES string of the molecule is C=CCNC(=O)C(=O)C(CCC)NC(=O)[C@@H]1C(C)[C@@H](C)CN1C(=O)C(NC(=O)NCC(=O)OCc1ccccc1)C(C)(C)C. The standard InChI is InChI=1S/C32H47N5O7/c1-8-13-23(26(39)29(41)33-16-9-2)35-28(40)25-21(4)20(3)18-37(25)30(42)27(32(5,6)7)36-31(43)34-17-24(38)44-19-22-14-11-10-12-15-22/h9-12,14-15,20-21,23,25,27H,2,8,13,16-19H2,1,3-7H3,(H,33,41)(H,35,40)(H2,34,36,43)/t20-,21?,23?,25-,27?/m0/s1. The Balaban J connectivity index is 2.13. The van der Waals surface area contributed by atoms with Gasteiger partial charge in [-0.2, -0.15) is 0 Å². The summed E-state index contributed by atoms with van der Waals surface area (Å²) in [5.41, 5.74) is 0.0418. The van der Waals surface area contributed by atoms with Gasteiger partial charge in [0, 0.05) is 13.1 Å². The molecule has 242 valence electrons. The fourth-order valence-corrected chi connectivity index (χ4v) is 4.96. The number of carbonyl (C=O) groups excluding carboxylic acids is 6. The maximum atomic E-state index is 14.0. The van der Waals surface area contributed by atoms with Crippen molar-refractivity contribution >= 4 is 35.5 Å². The third kappa shape index (κ3) is 10.2. The quantitative estimate of drug-likeness (QED) is 0.142. The van der Waals surface area contributed by atoms with Gasteiger partial charge in [-0.1, -0.05) is 84.4 Å². The third-order valence-corrected chi connectivity index (χ3v) is 7.63. The van der Waals surface area contributed by atoms with Gasteiger partial charge in [-0.3, -0.25) is 24.0 Å². The molecule has 5 amide bonds. The number of nitrogens with zero attached hydrogens (tertiary/aromatic N) is 1. The summed E-state index contributed by atoms with van der Waals surface area (Å²) in [5.74, 6) is -3.58. The molecule has 0 aromatic heterocycles. The molecule has 0 aliphatic carbocycles. The average Bonchev–Trinajstić information content (AvgIpc) is 3.29. The van der Waals surface area contributed by atoms with E-state index in [9.17, 15) is 28.8 Å². The lowest BCUT2D eigenvalue weighted by Crippen LogP contribution is -2.60. The molecule has 1 aromatic rings. The van der Waals surface area contributed by atoms with Crippen LogP contribution in [0.15, 0.2) is 43.0 Å². The van der Waals surface area contributed by atoms with Crippen molar-refractivity contribution in [2.24, 2.45) is 17.3 Å². The molecule has 44 heavy (non-hydrogen) atoms. The van der Waals surface area contributed by atoms with E-state index in [-0.39, 0.29) is 38.0 Å². The molecule has 1 fully saturated rings. The van der Waals surface area contributed by atoms with Crippen LogP contribution in [-0.2, 0) is 35.3 Å². The highest BCUT2D eigenvalue weighted by Crippen LogP contribution is 2.32. The van der Waals surface area contributed by atoms with E-state index < -0.39 is 65.6 Å². The van der Waals surface area contributed by atoms with Gasteiger partial charge >= 0.3 is 12.0 Å². The molecule has 1 aliphatic rings. The first-order valence-electron chi connectivity index (χ1n) is 15.0. The molecule has 0 spiro atoms. The largest absolute Gasteiger partial charge is 0.460 e. The predicted octanol–water partition coefficient (Wildman–Crippen LogP) is 2.08. The number of ether oxygens (including phenoxy) is 1. The molecule has 1 saturated heterocycles. The second-order valence-electron chi connectivity index (χ2n) is 12.3. The normalized spacial score (nSPS) is 19.2. The number of rotatable bonds is 14. The van der Waals surface area contributed by atoms with Crippen LogP contribution in [0.4, 0.5) is 4.79 Å². The maximum Gasteiger partial charge on any atom is 0.325 e. The molecule has 12 heteroatoms. The smallest absolute Gasteiger partial charge is 0.325 e. The van der Waals surface area contributed by atoms with Gasteiger partial charge in [0.25, 0.3) is 5.91 Å². The van der Waals surface area contributed by atoms with E-state index in [1.165, 1.54) is 11.0 Å². The third-order valence-electron chi connectivity index (χ3n) is 7.63. The summed E-state index contributed by atoms with van der Waals surface area (Å²) in [4.78, 5) is 79.1. The Bertz CT molecular complexity index is 1200. The summed E-state index contributed by atoms with van der Waals surface area (Å²) in [6.07, 6.45) is 2.23. The number of esters is 1. The van der Waals surface area contributed by atoms with Crippen LogP contribution in [0.2, 0.25) is 0 Å². The zero-order valence-corrected chi connectivity index (χ0v) is 26.6. The fraction of sp³-hybridized carbons (Fsp3) is 0.562. The first-order valence-corrected chi connectivity index (χ1v) is 15.0. The van der Waals surface area contributed by atoms with Crippen molar-refractivity contribution in [3.63, 3.8) is 0 Å². The summed E-state index contributed by atoms with van der Waals surface area (Å²) < 4.78 is 5.19. The van der Waals surface area contributed by atoms with Crippen molar-refractivity contribution in [3.8, 4) is 0 Å². The Morgan fingerprint density at radius 1 is 1.05 bits per heavy atom. The highest BCUT2D eigenvalue weighted by molar-refractivity contribution is 6.38. The van der Waals surface area contributed by atoms with Crippen molar-refractivity contribution in [2.45, 2.75) is 79.1 Å². The van der Waals surface area contributed by atoms with E-state index in [4.69, 9.17) is 4.74 Å². The zero-order chi connectivity index (χ0) is 33.0. The van der Waals surface area contributed by atoms with Crippen LogP contribution in [0, 0.1) is 17.3 Å². The molecule has 3 unspecified atom stereocenters. The molecule has 5 atom stereocenters. The molecule has 1 heterocycles. The number of carbonyl (C=O) groups is 6. The van der Waals surface area contributed by atoms with Gasteiger partial charge in [0.2, 0.25) is 17.6 Å². The van der Waals surface area contributed by atoms with E-state index in [2.05, 4.69) is 27.8 Å². The predicted molar refractivity (Wildman–Crippen MR) is 165 cm³/mol. The van der Waals surface area contributed by atoms with Gasteiger partial charge in [-0.05, 0) is 29.2 Å². The number of amides is 5. The summed E-state index contributed by atoms with van der Waals surface area (Å²) in [6, 6.07) is 5.34. The molecule has 4 N–H and O–H groups in total. The number of urea groups is 1. The van der Waals surface area contributed by atoms with E-state index in [1.54, 1.807) is 20.8 Å². The molecule has 0 bridgehead atoms. The summed E-state index contributed by atoms with van der Waals surface area (Å²) in [6.45, 7) is 14.5. The van der Waals surface area contributed by atoms with Crippen LogP contribution in [0.5, 0.6) is 0 Å². The molecule has 0 saturated carbocycles. The van der Waals surface area contributed by atoms with Crippen LogP contribution in [0.25, 0.3) is 0 Å². The number of nitrogens with one attached hydrogen (secondary N) is 4. The Labute approximate surface area is 259 Å². The van der Waals surface area contributed by atoms with Crippen LogP contribution in [-0.4, -0.2) is 78.2 Å². The molecular formula is C32H47N5O7. The second kappa shape index (κ2) is 16.6. The van der Waals surface area contributed by atoms with Crippen molar-refractivity contribution in [1.29, 1.82) is 0 Å². The number of ketones is 1. The Kier molecular flexibility index (Phi) is 13.6. The summed E-state index contributed by atoms with van der Waals surface area (Å²) in [5, 5.41) is 10.3. The lowest BCUT2D eigenvalue weighted by molar-refractivity contribution is -0.144. The van der Waals surface area contributed by atoms with Crippen molar-refractivity contribution in [2.75, 3.05) is 19.6 Å². The summed E-state index contributed by atoms with van der Waals surface area (Å²) >= 11 is 0. The van der Waals surface area contributed by atoms with Gasteiger partial charge in [0.1, 0.15) is 25.2 Å². The molecule has 2 rings (SSSR count). The molecule has 12 nitrogen and oxygen atoms in total. The van der Waals surface area contributed by atoms with Gasteiger partial charge in [-0.25, -0.2) is 4.79 Å². The first kappa shape index (κ1) is 36.0. The van der Waals surface area contributed by atoms with E-state index in [1.807, 2.05) is 51.1 Å². The van der Waals surface area contributed by atoms with Gasteiger partial charge < -0.3 is 30.9 Å². The highest BCUT2D eigenvalue weighted by atomic mass is 16.5. The van der Waals surface area contributed by atoms with Gasteiger partial charge in [0.05, 0.1) is 6.04 Å². The molecule has 1 aromatic carbocycles. The monoisotopic (exact) mass is 613 g/mol. The van der Waals surface area contributed by atoms with E-state index >= 15 is 0 Å². The van der Waals surface area contributed by atoms with Gasteiger partial charge in [0.15, 0.2) is 0 Å². The Morgan fingerprint density at radius 3 is 2.30 bits per heavy atom. The van der Waals surface area contributed by atoms with Crippen LogP contribution in [0.3, 0.4) is 0 Å². The van der Waals surface area contributed by atoms with Crippen molar-refractivity contribution < 1.29 is 33.5 Å². The van der Waals surface area contributed by atoms with Gasteiger partial charge in [-0.15, -0.1) is 6.58 Å². The van der Waals surface area contributed by atoms with E-state index in [0.717, 1.165) is 5.56 Å². The maximum absolute atomic E-state index is 14.0. The first-order chi connectivity index (χ1) is 20.7. The topological polar surface area (TPSA) is 163 Å². The highest BCUT2D eigenvalue weighted by Gasteiger charge is 2.48. The van der Waals surface area contributed by atoms with Crippen molar-refractivity contribution in [1.82, 2.24) is 26.2 Å². The zero-order valence-electron chi connectivity index (χ0n) is 26.6. The van der Waals surface area contributed by atoms with Crippen LogP contribution >= 0.6 is 0 Å².